The minimum Gasteiger partial charge on any atom is -0.209 e. The van der Waals surface area contributed by atoms with Crippen molar-refractivity contribution in [2.45, 2.75) is 0 Å². The normalized spacial score (nSPS) is 8.90. The number of hydrogen-bond donors (Lipinski definition) is 0. The van der Waals surface area contributed by atoms with Gasteiger partial charge in [-0.05, 0) is 0 Å². The number of hydrogen-bond acceptors (Lipinski definition) is 2. The van der Waals surface area contributed by atoms with Crippen LogP contribution in [0, 0.1) is 23.1 Å². The molecule has 0 bridgehead atoms. The van der Waals surface area contributed by atoms with Crippen LogP contribution in [0.2, 0.25) is 0 Å². The molecule has 0 atom stereocenters. The van der Waals surface area contributed by atoms with Crippen LogP contribution in [0.4, 0.5) is 8.78 Å². The first kappa shape index (κ1) is 6.62. The van der Waals surface area contributed by atoms with E-state index in [4.69, 9.17) is 5.26 Å². The summed E-state index contributed by atoms with van der Waals surface area (Å²) in [6.07, 6.45) is 0. The fourth-order valence-electron chi connectivity index (χ4n) is 0.523. The van der Waals surface area contributed by atoms with Crippen LogP contribution in [0.15, 0.2) is 12.1 Å². The Hall–Kier alpha value is -1.50. The van der Waals surface area contributed by atoms with E-state index in [1.54, 1.807) is 0 Å². The third kappa shape index (κ3) is 1.26. The van der Waals surface area contributed by atoms with Crippen molar-refractivity contribution in [3.05, 3.63) is 29.6 Å². The number of rotatable bonds is 0. The molecule has 1 aromatic rings. The largest absolute Gasteiger partial charge is 0.217 e. The molecule has 0 amide bonds. The number of halogens is 2. The predicted molar refractivity (Wildman–Crippen MR) is 28.9 cm³/mol. The van der Waals surface area contributed by atoms with Crippen LogP contribution in [-0.4, -0.2) is 4.98 Å². The molecule has 2 nitrogen and oxygen atoms in total. The van der Waals surface area contributed by atoms with E-state index in [0.29, 0.717) is 6.07 Å². The first-order valence-electron chi connectivity index (χ1n) is 2.45. The van der Waals surface area contributed by atoms with Crippen LogP contribution in [-0.2, 0) is 0 Å². The van der Waals surface area contributed by atoms with Crippen LogP contribution < -0.4 is 0 Å². The fourth-order valence-corrected chi connectivity index (χ4v) is 0.523. The summed E-state index contributed by atoms with van der Waals surface area (Å²) >= 11 is 0. The van der Waals surface area contributed by atoms with Gasteiger partial charge in [-0.25, -0.2) is 9.37 Å². The summed E-state index contributed by atoms with van der Waals surface area (Å²) in [7, 11) is 0. The molecule has 0 aliphatic carbocycles. The van der Waals surface area contributed by atoms with Gasteiger partial charge in [-0.15, -0.1) is 0 Å². The van der Waals surface area contributed by atoms with E-state index in [1.165, 1.54) is 6.07 Å². The lowest BCUT2D eigenvalue weighted by atomic mass is 10.4. The Morgan fingerprint density at radius 3 is 2.60 bits per heavy atom. The summed E-state index contributed by atoms with van der Waals surface area (Å²) in [6, 6.07) is 2.99. The van der Waals surface area contributed by atoms with Gasteiger partial charge < -0.3 is 0 Å². The molecule has 50 valence electrons. The maximum atomic E-state index is 12.2. The van der Waals surface area contributed by atoms with Crippen molar-refractivity contribution in [2.75, 3.05) is 0 Å². The Morgan fingerprint density at radius 2 is 2.10 bits per heavy atom. The van der Waals surface area contributed by atoms with Crippen molar-refractivity contribution < 1.29 is 8.78 Å². The third-order valence-electron chi connectivity index (χ3n) is 0.873. The molecule has 0 fully saturated rings. The first-order valence-corrected chi connectivity index (χ1v) is 2.45. The van der Waals surface area contributed by atoms with Crippen molar-refractivity contribution in [3.8, 4) is 6.07 Å². The molecule has 10 heavy (non-hydrogen) atoms. The second-order valence-electron chi connectivity index (χ2n) is 1.61. The molecule has 1 aromatic heterocycles. The molecule has 0 spiro atoms. The molecular weight excluding hydrogens is 138 g/mol. The van der Waals surface area contributed by atoms with Gasteiger partial charge in [0.15, 0.2) is 0 Å². The van der Waals surface area contributed by atoms with Crippen molar-refractivity contribution in [2.24, 2.45) is 0 Å². The molecule has 0 N–H and O–H groups in total. The topological polar surface area (TPSA) is 36.7 Å². The summed E-state index contributed by atoms with van der Waals surface area (Å²) in [5.41, 5.74) is -0.252. The Balaban J connectivity index is 3.22. The zero-order valence-electron chi connectivity index (χ0n) is 4.81. The Morgan fingerprint density at radius 1 is 1.40 bits per heavy atom. The molecule has 1 rings (SSSR count). The predicted octanol–water partition coefficient (Wildman–Crippen LogP) is 1.23. The third-order valence-corrected chi connectivity index (χ3v) is 0.873. The number of nitriles is 1. The quantitative estimate of drug-likeness (QED) is 0.508. The van der Waals surface area contributed by atoms with Crippen LogP contribution in [0.1, 0.15) is 5.69 Å². The monoisotopic (exact) mass is 140 g/mol. The minimum absolute atomic E-state index is 0.252. The fraction of sp³-hybridized carbons (Fsp3) is 0. The maximum absolute atomic E-state index is 12.2. The molecule has 0 unspecified atom stereocenters. The number of pyridine rings is 1. The molecule has 0 saturated carbocycles. The Labute approximate surface area is 55.7 Å². The molecule has 0 radical (unpaired) electrons. The lowest BCUT2D eigenvalue weighted by Crippen LogP contribution is -1.88. The molecule has 0 aliphatic heterocycles. The summed E-state index contributed by atoms with van der Waals surface area (Å²) in [6.45, 7) is 0. The van der Waals surface area contributed by atoms with Gasteiger partial charge in [-0.2, -0.15) is 9.65 Å². The second kappa shape index (κ2) is 2.40. The van der Waals surface area contributed by atoms with Crippen LogP contribution in [0.25, 0.3) is 0 Å². The summed E-state index contributed by atoms with van der Waals surface area (Å²) in [5, 5.41) is 8.14. The first-order chi connectivity index (χ1) is 4.72. The van der Waals surface area contributed by atoms with E-state index in [2.05, 4.69) is 4.98 Å². The van der Waals surface area contributed by atoms with Gasteiger partial charge in [0.05, 0.1) is 0 Å². The van der Waals surface area contributed by atoms with Gasteiger partial charge in [-0.3, -0.25) is 0 Å². The molecule has 1 heterocycles. The molecule has 4 heteroatoms. The highest BCUT2D eigenvalue weighted by molar-refractivity contribution is 5.20. The van der Waals surface area contributed by atoms with Crippen molar-refractivity contribution in [1.82, 2.24) is 4.98 Å². The summed E-state index contributed by atoms with van der Waals surface area (Å²) < 4.78 is 24.3. The van der Waals surface area contributed by atoms with E-state index in [-0.39, 0.29) is 5.69 Å². The average Bonchev–Trinajstić information content (AvgIpc) is 1.85. The molecular formula is C6H2F2N2. The van der Waals surface area contributed by atoms with E-state index < -0.39 is 11.8 Å². The Bertz CT molecular complexity index is 270. The molecule has 0 aromatic carbocycles. The highest BCUT2D eigenvalue weighted by atomic mass is 19.1. The number of nitrogens with zero attached hydrogens (tertiary/aromatic N) is 2. The van der Waals surface area contributed by atoms with Gasteiger partial charge in [0.25, 0.3) is 0 Å². The lowest BCUT2D eigenvalue weighted by Gasteiger charge is -1.88. The maximum Gasteiger partial charge on any atom is 0.217 e. The zero-order chi connectivity index (χ0) is 7.56. The molecule has 0 saturated heterocycles. The van der Waals surface area contributed by atoms with Crippen molar-refractivity contribution in [3.63, 3.8) is 0 Å². The van der Waals surface area contributed by atoms with E-state index in [0.717, 1.165) is 6.07 Å². The highest BCUT2D eigenvalue weighted by Crippen LogP contribution is 2.01. The Kier molecular flexibility index (Phi) is 1.59. The highest BCUT2D eigenvalue weighted by Gasteiger charge is 1.99. The van der Waals surface area contributed by atoms with Gasteiger partial charge in [-0.1, -0.05) is 0 Å². The van der Waals surface area contributed by atoms with Crippen LogP contribution in [0.3, 0.4) is 0 Å². The van der Waals surface area contributed by atoms with Gasteiger partial charge in [0.2, 0.25) is 5.95 Å². The van der Waals surface area contributed by atoms with Gasteiger partial charge in [0.1, 0.15) is 17.6 Å². The van der Waals surface area contributed by atoms with E-state index in [1.807, 2.05) is 0 Å². The summed E-state index contributed by atoms with van der Waals surface area (Å²) in [5.74, 6) is -1.76. The molecule has 0 aliphatic rings. The second-order valence-corrected chi connectivity index (χ2v) is 1.61. The smallest absolute Gasteiger partial charge is 0.209 e. The van der Waals surface area contributed by atoms with Crippen molar-refractivity contribution >= 4 is 0 Å². The van der Waals surface area contributed by atoms with Crippen LogP contribution in [0.5, 0.6) is 0 Å². The number of aromatic nitrogens is 1. The van der Waals surface area contributed by atoms with Crippen molar-refractivity contribution in [1.29, 1.82) is 5.26 Å². The SMILES string of the molecule is N#Cc1cc(F)cc(F)n1. The minimum atomic E-state index is -0.975. The van der Waals surface area contributed by atoms with Gasteiger partial charge >= 0.3 is 0 Å². The van der Waals surface area contributed by atoms with E-state index in [9.17, 15) is 8.78 Å². The standard InChI is InChI=1S/C6H2F2N2/c7-4-1-5(3-9)10-6(8)2-4/h1-2H. The lowest BCUT2D eigenvalue weighted by molar-refractivity contribution is 0.550. The van der Waals surface area contributed by atoms with Gasteiger partial charge in [0, 0.05) is 12.1 Å². The average molecular weight is 140 g/mol. The van der Waals surface area contributed by atoms with Crippen LogP contribution >= 0.6 is 0 Å². The summed E-state index contributed by atoms with van der Waals surface area (Å²) in [4.78, 5) is 3.08. The zero-order valence-corrected chi connectivity index (χ0v) is 4.81. The van der Waals surface area contributed by atoms with E-state index >= 15 is 0 Å².